The molecule has 0 saturated heterocycles. The van der Waals surface area contributed by atoms with Crippen molar-refractivity contribution < 1.29 is 4.79 Å². The van der Waals surface area contributed by atoms with Gasteiger partial charge in [0.05, 0.1) is 6.04 Å². The zero-order valence-electron chi connectivity index (χ0n) is 13.7. The first-order chi connectivity index (χ1) is 10.6. The number of amides is 1. The number of nitrogens with zero attached hydrogens (tertiary/aromatic N) is 1. The number of rotatable bonds is 6. The van der Waals surface area contributed by atoms with Gasteiger partial charge in [0, 0.05) is 13.6 Å². The maximum atomic E-state index is 12.4. The molecule has 0 radical (unpaired) electrons. The Balaban J connectivity index is 0.00000264. The van der Waals surface area contributed by atoms with Crippen molar-refractivity contribution in [3.8, 4) is 0 Å². The van der Waals surface area contributed by atoms with Crippen LogP contribution in [0.4, 0.5) is 0 Å². The molecule has 0 saturated carbocycles. The van der Waals surface area contributed by atoms with Crippen molar-refractivity contribution in [1.29, 1.82) is 0 Å². The van der Waals surface area contributed by atoms with Crippen LogP contribution in [0.3, 0.4) is 0 Å². The van der Waals surface area contributed by atoms with E-state index in [1.165, 1.54) is 5.56 Å². The van der Waals surface area contributed by atoms with Crippen LogP contribution in [-0.4, -0.2) is 23.9 Å². The second-order valence-corrected chi connectivity index (χ2v) is 5.66. The molecule has 0 heterocycles. The molecular weight excluding hydrogens is 308 g/mol. The number of hydrogen-bond acceptors (Lipinski definition) is 2. The Morgan fingerprint density at radius 1 is 1.00 bits per heavy atom. The van der Waals surface area contributed by atoms with Crippen LogP contribution in [0, 0.1) is 0 Å². The minimum absolute atomic E-state index is 0. The normalized spacial score (nSPS) is 11.4. The lowest BCUT2D eigenvalue weighted by atomic mass is 10.1. The zero-order chi connectivity index (χ0) is 15.9. The highest BCUT2D eigenvalue weighted by Crippen LogP contribution is 2.09. The van der Waals surface area contributed by atoms with Gasteiger partial charge in [-0.05, 0) is 29.5 Å². The topological polar surface area (TPSA) is 46.3 Å². The Hall–Kier alpha value is -1.84. The van der Waals surface area contributed by atoms with Gasteiger partial charge >= 0.3 is 0 Å². The molecule has 23 heavy (non-hydrogen) atoms. The molecule has 1 atom stereocenters. The van der Waals surface area contributed by atoms with Crippen molar-refractivity contribution in [1.82, 2.24) is 4.90 Å². The number of hydrogen-bond donors (Lipinski definition) is 1. The standard InChI is InChI=1S/C19H24N2O.ClH/c1-3-15-9-11-17(12-10-15)14-21(2)19(22)18(20)13-16-7-5-4-6-8-16;/h4-12,18H,3,13-14,20H2,1-2H3;1H/t18-;/m0./s1. The van der Waals surface area contributed by atoms with Gasteiger partial charge in [0.1, 0.15) is 0 Å². The van der Waals surface area contributed by atoms with E-state index >= 15 is 0 Å². The fourth-order valence-electron chi connectivity index (χ4n) is 2.47. The van der Waals surface area contributed by atoms with Crippen LogP contribution in [0.25, 0.3) is 0 Å². The third kappa shape index (κ3) is 5.70. The summed E-state index contributed by atoms with van der Waals surface area (Å²) in [6, 6.07) is 17.8. The minimum atomic E-state index is -0.498. The Kier molecular flexibility index (Phi) is 7.79. The lowest BCUT2D eigenvalue weighted by Gasteiger charge is -2.21. The molecule has 2 N–H and O–H groups in total. The summed E-state index contributed by atoms with van der Waals surface area (Å²) >= 11 is 0. The minimum Gasteiger partial charge on any atom is -0.340 e. The van der Waals surface area contributed by atoms with Crippen molar-refractivity contribution in [3.05, 3.63) is 71.3 Å². The number of aryl methyl sites for hydroxylation is 1. The maximum Gasteiger partial charge on any atom is 0.239 e. The van der Waals surface area contributed by atoms with Crippen molar-refractivity contribution in [2.75, 3.05) is 7.05 Å². The third-order valence-electron chi connectivity index (χ3n) is 3.84. The molecule has 2 aromatic rings. The molecule has 0 bridgehead atoms. The second kappa shape index (κ2) is 9.33. The van der Waals surface area contributed by atoms with Gasteiger partial charge in [0.2, 0.25) is 5.91 Å². The van der Waals surface area contributed by atoms with Gasteiger partial charge < -0.3 is 10.6 Å². The SMILES string of the molecule is CCc1ccc(CN(C)C(=O)[C@@H](N)Cc2ccccc2)cc1.Cl. The zero-order valence-corrected chi connectivity index (χ0v) is 14.6. The Morgan fingerprint density at radius 3 is 2.13 bits per heavy atom. The number of likely N-dealkylation sites (N-methyl/N-ethyl adjacent to an activating group) is 1. The first-order valence-corrected chi connectivity index (χ1v) is 7.72. The van der Waals surface area contributed by atoms with Gasteiger partial charge in [-0.2, -0.15) is 0 Å². The summed E-state index contributed by atoms with van der Waals surface area (Å²) in [5.74, 6) is -0.0246. The van der Waals surface area contributed by atoms with E-state index in [9.17, 15) is 4.79 Å². The molecule has 2 rings (SSSR count). The lowest BCUT2D eigenvalue weighted by Crippen LogP contribution is -2.42. The van der Waals surface area contributed by atoms with Crippen LogP contribution in [0.1, 0.15) is 23.6 Å². The van der Waals surface area contributed by atoms with E-state index < -0.39 is 6.04 Å². The lowest BCUT2D eigenvalue weighted by molar-refractivity contribution is -0.131. The predicted octanol–water partition coefficient (Wildman–Crippen LogP) is 3.20. The molecule has 124 valence electrons. The number of halogens is 1. The Labute approximate surface area is 144 Å². The average molecular weight is 333 g/mol. The van der Waals surface area contributed by atoms with Crippen LogP contribution >= 0.6 is 12.4 Å². The molecule has 0 aliphatic carbocycles. The van der Waals surface area contributed by atoms with Crippen molar-refractivity contribution in [3.63, 3.8) is 0 Å². The van der Waals surface area contributed by atoms with Crippen LogP contribution in [0.5, 0.6) is 0 Å². The van der Waals surface area contributed by atoms with E-state index in [0.717, 1.165) is 17.5 Å². The molecule has 0 aromatic heterocycles. The van der Waals surface area contributed by atoms with Gasteiger partial charge in [-0.3, -0.25) is 4.79 Å². The fraction of sp³-hybridized carbons (Fsp3) is 0.316. The van der Waals surface area contributed by atoms with E-state index in [2.05, 4.69) is 31.2 Å². The van der Waals surface area contributed by atoms with E-state index in [-0.39, 0.29) is 18.3 Å². The highest BCUT2D eigenvalue weighted by atomic mass is 35.5. The van der Waals surface area contributed by atoms with E-state index in [4.69, 9.17) is 5.73 Å². The molecular formula is C19H25ClN2O. The smallest absolute Gasteiger partial charge is 0.239 e. The van der Waals surface area contributed by atoms with Gasteiger partial charge in [-0.25, -0.2) is 0 Å². The molecule has 1 amide bonds. The summed E-state index contributed by atoms with van der Waals surface area (Å²) in [4.78, 5) is 14.1. The highest BCUT2D eigenvalue weighted by molar-refractivity contribution is 5.85. The van der Waals surface area contributed by atoms with Crippen LogP contribution in [0.2, 0.25) is 0 Å². The van der Waals surface area contributed by atoms with E-state index in [0.29, 0.717) is 13.0 Å². The first-order valence-electron chi connectivity index (χ1n) is 7.72. The highest BCUT2D eigenvalue weighted by Gasteiger charge is 2.18. The number of nitrogens with two attached hydrogens (primary N) is 1. The summed E-state index contributed by atoms with van der Waals surface area (Å²) in [7, 11) is 1.81. The molecule has 2 aromatic carbocycles. The van der Waals surface area contributed by atoms with Crippen LogP contribution in [-0.2, 0) is 24.2 Å². The Bertz CT molecular complexity index is 599. The molecule has 0 unspecified atom stereocenters. The monoisotopic (exact) mass is 332 g/mol. The molecule has 3 nitrogen and oxygen atoms in total. The summed E-state index contributed by atoms with van der Waals surface area (Å²) in [6.07, 6.45) is 1.59. The largest absolute Gasteiger partial charge is 0.340 e. The van der Waals surface area contributed by atoms with Crippen molar-refractivity contribution in [2.45, 2.75) is 32.4 Å². The van der Waals surface area contributed by atoms with Crippen molar-refractivity contribution in [2.24, 2.45) is 5.73 Å². The fourth-order valence-corrected chi connectivity index (χ4v) is 2.47. The quantitative estimate of drug-likeness (QED) is 0.883. The maximum absolute atomic E-state index is 12.4. The summed E-state index contributed by atoms with van der Waals surface area (Å²) in [6.45, 7) is 2.72. The van der Waals surface area contributed by atoms with Crippen molar-refractivity contribution >= 4 is 18.3 Å². The summed E-state index contributed by atoms with van der Waals surface area (Å²) < 4.78 is 0. The Morgan fingerprint density at radius 2 is 1.57 bits per heavy atom. The van der Waals surface area contributed by atoms with Gasteiger partial charge in [0.25, 0.3) is 0 Å². The predicted molar refractivity (Wildman–Crippen MR) is 97.7 cm³/mol. The molecule has 0 spiro atoms. The van der Waals surface area contributed by atoms with Gasteiger partial charge in [-0.1, -0.05) is 61.5 Å². The van der Waals surface area contributed by atoms with E-state index in [1.54, 1.807) is 11.9 Å². The molecule has 4 heteroatoms. The number of benzene rings is 2. The summed E-state index contributed by atoms with van der Waals surface area (Å²) in [5.41, 5.74) is 9.57. The molecule has 0 aliphatic heterocycles. The van der Waals surface area contributed by atoms with Crippen LogP contribution < -0.4 is 5.73 Å². The number of carbonyl (C=O) groups excluding carboxylic acids is 1. The number of carbonyl (C=O) groups is 1. The van der Waals surface area contributed by atoms with Crippen LogP contribution in [0.15, 0.2) is 54.6 Å². The average Bonchev–Trinajstić information content (AvgIpc) is 2.55. The summed E-state index contributed by atoms with van der Waals surface area (Å²) in [5, 5.41) is 0. The second-order valence-electron chi connectivity index (χ2n) is 5.66. The van der Waals surface area contributed by atoms with Gasteiger partial charge in [0.15, 0.2) is 0 Å². The molecule has 0 fully saturated rings. The first kappa shape index (κ1) is 19.2. The third-order valence-corrected chi connectivity index (χ3v) is 3.84. The van der Waals surface area contributed by atoms with E-state index in [1.807, 2.05) is 30.3 Å². The molecule has 0 aliphatic rings. The van der Waals surface area contributed by atoms with Gasteiger partial charge in [-0.15, -0.1) is 12.4 Å².